The summed E-state index contributed by atoms with van der Waals surface area (Å²) in [6.07, 6.45) is 0. The van der Waals surface area contributed by atoms with E-state index >= 15 is 0 Å². The molecule has 0 aliphatic carbocycles. The van der Waals surface area contributed by atoms with Crippen molar-refractivity contribution in [1.82, 2.24) is 0 Å². The predicted molar refractivity (Wildman–Crippen MR) is 85.0 cm³/mol. The zero-order valence-corrected chi connectivity index (χ0v) is 12.7. The van der Waals surface area contributed by atoms with Gasteiger partial charge in [-0.05, 0) is 37.5 Å². The van der Waals surface area contributed by atoms with Crippen LogP contribution >= 0.6 is 7.92 Å². The Balaban J connectivity index is 2.33. The summed E-state index contributed by atoms with van der Waals surface area (Å²) in [5, 5.41) is -0.147. The van der Waals surface area contributed by atoms with Gasteiger partial charge in [0.05, 0.1) is 10.6 Å². The summed E-state index contributed by atoms with van der Waals surface area (Å²) >= 11 is 0. The minimum absolute atomic E-state index is 0.308. The van der Waals surface area contributed by atoms with Crippen LogP contribution in [0.25, 0.3) is 0 Å². The van der Waals surface area contributed by atoms with Crippen LogP contribution in [0.4, 0.5) is 17.6 Å². The van der Waals surface area contributed by atoms with Crippen LogP contribution in [0.3, 0.4) is 0 Å². The average molecular weight is 334 g/mol. The van der Waals surface area contributed by atoms with Crippen molar-refractivity contribution in [1.29, 1.82) is 0 Å². The van der Waals surface area contributed by atoms with E-state index in [4.69, 9.17) is 0 Å². The minimum atomic E-state index is -2.03. The molecule has 0 bridgehead atoms. The van der Waals surface area contributed by atoms with Gasteiger partial charge in [0.1, 0.15) is 23.3 Å². The van der Waals surface area contributed by atoms with Gasteiger partial charge in [-0.2, -0.15) is 0 Å². The van der Waals surface area contributed by atoms with Gasteiger partial charge in [0.15, 0.2) is 0 Å². The summed E-state index contributed by atoms with van der Waals surface area (Å²) in [5.74, 6) is -3.27. The van der Waals surface area contributed by atoms with E-state index < -0.39 is 31.2 Å². The number of rotatable bonds is 3. The molecule has 0 aliphatic heterocycles. The largest absolute Gasteiger partial charge is 0.206 e. The maximum absolute atomic E-state index is 14.3. The van der Waals surface area contributed by atoms with Crippen molar-refractivity contribution in [3.05, 3.63) is 90.0 Å². The second-order valence-corrected chi connectivity index (χ2v) is 6.89. The number of halogens is 4. The van der Waals surface area contributed by atoms with Crippen LogP contribution in [0.2, 0.25) is 0 Å². The monoisotopic (exact) mass is 334 g/mol. The van der Waals surface area contributed by atoms with Crippen LogP contribution < -0.4 is 15.9 Å². The molecule has 0 amide bonds. The Hall–Kier alpha value is -2.19. The Labute approximate surface area is 132 Å². The second-order valence-electron chi connectivity index (χ2n) is 4.81. The molecular formula is C18H11F4P. The van der Waals surface area contributed by atoms with Crippen molar-refractivity contribution < 1.29 is 17.6 Å². The first-order chi connectivity index (χ1) is 11.1. The van der Waals surface area contributed by atoms with Crippen molar-refractivity contribution in [3.63, 3.8) is 0 Å². The highest BCUT2D eigenvalue weighted by atomic mass is 31.1. The number of hydrogen-bond acceptors (Lipinski definition) is 0. The number of hydrogen-bond donors (Lipinski definition) is 0. The summed E-state index contributed by atoms with van der Waals surface area (Å²) in [4.78, 5) is 0. The van der Waals surface area contributed by atoms with Crippen molar-refractivity contribution in [3.8, 4) is 0 Å². The topological polar surface area (TPSA) is 0 Å². The molecule has 0 fully saturated rings. The lowest BCUT2D eigenvalue weighted by atomic mass is 10.3. The van der Waals surface area contributed by atoms with Crippen LogP contribution in [-0.4, -0.2) is 0 Å². The fourth-order valence-electron chi connectivity index (χ4n) is 2.35. The maximum atomic E-state index is 14.3. The zero-order chi connectivity index (χ0) is 16.4. The van der Waals surface area contributed by atoms with Crippen molar-refractivity contribution >= 4 is 23.8 Å². The maximum Gasteiger partial charge on any atom is 0.134 e. The molecule has 3 aromatic rings. The van der Waals surface area contributed by atoms with E-state index in [-0.39, 0.29) is 10.6 Å². The predicted octanol–water partition coefficient (Wildman–Crippen LogP) is 4.00. The van der Waals surface area contributed by atoms with E-state index in [0.717, 1.165) is 24.3 Å². The SMILES string of the molecule is Fc1cccc(F)c1P(c1ccccc1)c1c(F)cccc1F. The van der Waals surface area contributed by atoms with E-state index in [0.29, 0.717) is 5.30 Å². The van der Waals surface area contributed by atoms with E-state index in [9.17, 15) is 17.6 Å². The van der Waals surface area contributed by atoms with E-state index in [1.54, 1.807) is 30.3 Å². The Bertz CT molecular complexity index is 742. The molecule has 0 heterocycles. The third kappa shape index (κ3) is 2.99. The van der Waals surface area contributed by atoms with Gasteiger partial charge in [0, 0.05) is 0 Å². The van der Waals surface area contributed by atoms with E-state index in [1.807, 2.05) is 0 Å². The Morgan fingerprint density at radius 2 is 0.870 bits per heavy atom. The molecule has 0 aliphatic rings. The summed E-state index contributed by atoms with van der Waals surface area (Å²) in [6.45, 7) is 0. The van der Waals surface area contributed by atoms with Crippen LogP contribution in [0.15, 0.2) is 66.7 Å². The molecule has 0 unspecified atom stereocenters. The Morgan fingerprint density at radius 1 is 0.478 bits per heavy atom. The Morgan fingerprint density at radius 3 is 1.26 bits per heavy atom. The fourth-order valence-corrected chi connectivity index (χ4v) is 4.72. The molecule has 0 atom stereocenters. The van der Waals surface area contributed by atoms with Crippen LogP contribution in [-0.2, 0) is 0 Å². The molecule has 0 saturated heterocycles. The molecule has 0 aromatic heterocycles. The zero-order valence-electron chi connectivity index (χ0n) is 11.8. The second kappa shape index (κ2) is 6.51. The molecule has 116 valence electrons. The molecule has 0 nitrogen and oxygen atoms in total. The lowest BCUT2D eigenvalue weighted by Crippen LogP contribution is -2.29. The van der Waals surface area contributed by atoms with Crippen molar-refractivity contribution in [2.24, 2.45) is 0 Å². The molecule has 0 radical (unpaired) electrons. The minimum Gasteiger partial charge on any atom is -0.206 e. The van der Waals surface area contributed by atoms with Gasteiger partial charge >= 0.3 is 0 Å². The summed E-state index contributed by atoms with van der Waals surface area (Å²) in [7, 11) is -2.03. The van der Waals surface area contributed by atoms with Gasteiger partial charge in [-0.15, -0.1) is 0 Å². The highest BCUT2D eigenvalue weighted by molar-refractivity contribution is 7.79. The van der Waals surface area contributed by atoms with E-state index in [2.05, 4.69) is 0 Å². The lowest BCUT2D eigenvalue weighted by Gasteiger charge is -2.21. The van der Waals surface area contributed by atoms with Gasteiger partial charge in [-0.25, -0.2) is 17.6 Å². The third-order valence-electron chi connectivity index (χ3n) is 3.34. The Kier molecular flexibility index (Phi) is 4.44. The first-order valence-electron chi connectivity index (χ1n) is 6.83. The number of benzene rings is 3. The van der Waals surface area contributed by atoms with Gasteiger partial charge in [-0.1, -0.05) is 42.5 Å². The molecule has 0 N–H and O–H groups in total. The van der Waals surface area contributed by atoms with Gasteiger partial charge in [0.25, 0.3) is 0 Å². The molecule has 5 heteroatoms. The fraction of sp³-hybridized carbons (Fsp3) is 0. The van der Waals surface area contributed by atoms with Gasteiger partial charge in [-0.3, -0.25) is 0 Å². The molecule has 3 rings (SSSR count). The molecule has 0 spiro atoms. The van der Waals surface area contributed by atoms with Gasteiger partial charge in [0.2, 0.25) is 0 Å². The standard InChI is InChI=1S/C18H11F4P/c19-13-8-4-9-14(20)17(13)23(12-6-2-1-3-7-12)18-15(21)10-5-11-16(18)22/h1-11H. The lowest BCUT2D eigenvalue weighted by molar-refractivity contribution is 0.595. The quantitative estimate of drug-likeness (QED) is 0.502. The summed E-state index contributed by atoms with van der Waals surface area (Å²) in [6, 6.07) is 15.1. The van der Waals surface area contributed by atoms with Crippen molar-refractivity contribution in [2.75, 3.05) is 0 Å². The highest BCUT2D eigenvalue weighted by Crippen LogP contribution is 2.36. The van der Waals surface area contributed by atoms with Crippen molar-refractivity contribution in [2.45, 2.75) is 0 Å². The molecule has 0 saturated carbocycles. The molecule has 3 aromatic carbocycles. The van der Waals surface area contributed by atoms with Crippen LogP contribution in [0.5, 0.6) is 0 Å². The van der Waals surface area contributed by atoms with Crippen LogP contribution in [0, 0.1) is 23.3 Å². The molecule has 23 heavy (non-hydrogen) atoms. The third-order valence-corrected chi connectivity index (χ3v) is 5.90. The highest BCUT2D eigenvalue weighted by Gasteiger charge is 2.28. The normalized spacial score (nSPS) is 11.0. The summed E-state index contributed by atoms with van der Waals surface area (Å²) < 4.78 is 57.1. The summed E-state index contributed by atoms with van der Waals surface area (Å²) in [5.41, 5.74) is 0. The van der Waals surface area contributed by atoms with Gasteiger partial charge < -0.3 is 0 Å². The first-order valence-corrected chi connectivity index (χ1v) is 8.17. The average Bonchev–Trinajstić information content (AvgIpc) is 2.53. The molecular weight excluding hydrogens is 323 g/mol. The van der Waals surface area contributed by atoms with E-state index in [1.165, 1.54) is 12.1 Å². The smallest absolute Gasteiger partial charge is 0.134 e. The first kappa shape index (κ1) is 15.7. The van der Waals surface area contributed by atoms with Crippen LogP contribution in [0.1, 0.15) is 0 Å².